The van der Waals surface area contributed by atoms with E-state index in [2.05, 4.69) is 24.2 Å². The highest BCUT2D eigenvalue weighted by Gasteiger charge is 2.14. The van der Waals surface area contributed by atoms with Gasteiger partial charge in [-0.15, -0.1) is 0 Å². The molecule has 0 saturated heterocycles. The summed E-state index contributed by atoms with van der Waals surface area (Å²) in [5.41, 5.74) is 3.13. The number of carbonyl (C=O) groups is 1. The molecular weight excluding hydrogens is 224 g/mol. The first kappa shape index (κ1) is 13.1. The zero-order valence-corrected chi connectivity index (χ0v) is 11.4. The fourth-order valence-electron chi connectivity index (χ4n) is 2.46. The third kappa shape index (κ3) is 3.09. The molecule has 1 heterocycles. The molecule has 3 nitrogen and oxygen atoms in total. The molecule has 0 fully saturated rings. The molecule has 1 aromatic rings. The number of nitrogens with zero attached hydrogens (tertiary/aromatic N) is 2. The topological polar surface area (TPSA) is 34.9 Å². The smallest absolute Gasteiger partial charge is 0.164 e. The summed E-state index contributed by atoms with van der Waals surface area (Å²) < 4.78 is 1.84. The first-order valence-electron chi connectivity index (χ1n) is 6.94. The van der Waals surface area contributed by atoms with Gasteiger partial charge in [0, 0.05) is 12.7 Å². The zero-order valence-electron chi connectivity index (χ0n) is 11.4. The maximum Gasteiger partial charge on any atom is 0.164 e. The van der Waals surface area contributed by atoms with Crippen LogP contribution in [0.5, 0.6) is 0 Å². The van der Waals surface area contributed by atoms with E-state index in [1.165, 1.54) is 12.8 Å². The lowest BCUT2D eigenvalue weighted by Gasteiger charge is -2.04. The number of rotatable bonds is 4. The van der Waals surface area contributed by atoms with Crippen molar-refractivity contribution in [2.24, 2.45) is 7.05 Å². The Morgan fingerprint density at radius 3 is 2.94 bits per heavy atom. The van der Waals surface area contributed by atoms with E-state index >= 15 is 0 Å². The Balaban J connectivity index is 2.05. The van der Waals surface area contributed by atoms with Gasteiger partial charge in [0.2, 0.25) is 0 Å². The maximum atomic E-state index is 12.3. The number of allylic oxidation sites excluding steroid dienone is 2. The van der Waals surface area contributed by atoms with Crippen molar-refractivity contribution in [2.45, 2.75) is 51.9 Å². The summed E-state index contributed by atoms with van der Waals surface area (Å²) in [4.78, 5) is 12.3. The summed E-state index contributed by atoms with van der Waals surface area (Å²) in [6.07, 6.45) is 9.21. The lowest BCUT2D eigenvalue weighted by Crippen LogP contribution is -2.10. The Morgan fingerprint density at radius 2 is 2.22 bits per heavy atom. The van der Waals surface area contributed by atoms with Gasteiger partial charge in [0.1, 0.15) is 0 Å². The van der Waals surface area contributed by atoms with Crippen LogP contribution in [0.25, 0.3) is 0 Å². The van der Waals surface area contributed by atoms with E-state index in [0.717, 1.165) is 42.6 Å². The molecule has 1 aliphatic carbocycles. The summed E-state index contributed by atoms with van der Waals surface area (Å²) in [6.45, 7) is 2.09. The minimum atomic E-state index is 0.280. The maximum absolute atomic E-state index is 12.3. The number of aryl methyl sites for hydroxylation is 2. The largest absolute Gasteiger partial charge is 0.294 e. The fourth-order valence-corrected chi connectivity index (χ4v) is 2.46. The van der Waals surface area contributed by atoms with Crippen molar-refractivity contribution in [3.05, 3.63) is 29.1 Å². The van der Waals surface area contributed by atoms with Crippen LogP contribution >= 0.6 is 0 Å². The molecule has 0 radical (unpaired) electrons. The standard InChI is InChI=1S/C15H22N2O/c1-3-13-10-14(17(2)16-13)11-15(18)12-8-6-4-5-7-9-12/h8,10H,3-7,9,11H2,1-2H3. The Hall–Kier alpha value is -1.38. The Bertz CT molecular complexity index is 457. The van der Waals surface area contributed by atoms with E-state index < -0.39 is 0 Å². The molecule has 0 N–H and O–H groups in total. The van der Waals surface area contributed by atoms with Gasteiger partial charge >= 0.3 is 0 Å². The molecule has 0 bridgehead atoms. The SMILES string of the molecule is CCc1cc(CC(=O)C2=CCCCCC2)n(C)n1. The van der Waals surface area contributed by atoms with Crippen LogP contribution in [0.1, 0.15) is 50.4 Å². The van der Waals surface area contributed by atoms with Crippen LogP contribution in [0.4, 0.5) is 0 Å². The van der Waals surface area contributed by atoms with Crippen molar-refractivity contribution in [1.82, 2.24) is 9.78 Å². The van der Waals surface area contributed by atoms with Crippen LogP contribution in [0.15, 0.2) is 17.7 Å². The number of carbonyl (C=O) groups excluding carboxylic acids is 1. The van der Waals surface area contributed by atoms with Crippen molar-refractivity contribution in [3.63, 3.8) is 0 Å². The summed E-state index contributed by atoms with van der Waals surface area (Å²) in [6, 6.07) is 2.05. The predicted octanol–water partition coefficient (Wildman–Crippen LogP) is 2.98. The van der Waals surface area contributed by atoms with Crippen molar-refractivity contribution in [3.8, 4) is 0 Å². The Kier molecular flexibility index (Phi) is 4.34. The van der Waals surface area contributed by atoms with Crippen LogP contribution in [0.2, 0.25) is 0 Å². The molecule has 0 aliphatic heterocycles. The molecule has 1 aromatic heterocycles. The second-order valence-corrected chi connectivity index (χ2v) is 5.03. The van der Waals surface area contributed by atoms with Crippen LogP contribution in [-0.2, 0) is 24.7 Å². The molecule has 0 amide bonds. The minimum absolute atomic E-state index is 0.280. The summed E-state index contributed by atoms with van der Waals surface area (Å²) in [5, 5.41) is 4.39. The Morgan fingerprint density at radius 1 is 1.39 bits per heavy atom. The molecule has 2 rings (SSSR count). The van der Waals surface area contributed by atoms with Gasteiger partial charge in [-0.2, -0.15) is 5.10 Å². The molecular formula is C15H22N2O. The van der Waals surface area contributed by atoms with Gasteiger partial charge in [-0.1, -0.05) is 19.4 Å². The van der Waals surface area contributed by atoms with Crippen LogP contribution in [-0.4, -0.2) is 15.6 Å². The molecule has 0 aromatic carbocycles. The highest BCUT2D eigenvalue weighted by molar-refractivity contribution is 5.96. The van der Waals surface area contributed by atoms with Gasteiger partial charge in [0.05, 0.1) is 12.1 Å². The number of hydrogen-bond acceptors (Lipinski definition) is 2. The van der Waals surface area contributed by atoms with Gasteiger partial charge in [-0.25, -0.2) is 0 Å². The van der Waals surface area contributed by atoms with Crippen molar-refractivity contribution < 1.29 is 4.79 Å². The highest BCUT2D eigenvalue weighted by Crippen LogP contribution is 2.19. The third-order valence-corrected chi connectivity index (χ3v) is 3.63. The number of ketones is 1. The molecule has 0 spiro atoms. The molecule has 0 unspecified atom stereocenters. The first-order chi connectivity index (χ1) is 8.70. The fraction of sp³-hybridized carbons (Fsp3) is 0.600. The number of Topliss-reactive ketones (excluding diaryl/α,β-unsaturated/α-hetero) is 1. The normalized spacial score (nSPS) is 16.2. The Labute approximate surface area is 109 Å². The second-order valence-electron chi connectivity index (χ2n) is 5.03. The predicted molar refractivity (Wildman–Crippen MR) is 72.5 cm³/mol. The van der Waals surface area contributed by atoms with Gasteiger partial charge < -0.3 is 0 Å². The summed E-state index contributed by atoms with van der Waals surface area (Å²) >= 11 is 0. The molecule has 3 heteroatoms. The quantitative estimate of drug-likeness (QED) is 0.818. The molecule has 0 saturated carbocycles. The van der Waals surface area contributed by atoms with Crippen LogP contribution in [0, 0.1) is 0 Å². The average Bonchev–Trinajstić information content (AvgIpc) is 2.59. The third-order valence-electron chi connectivity index (χ3n) is 3.63. The van der Waals surface area contributed by atoms with E-state index in [0.29, 0.717) is 6.42 Å². The lowest BCUT2D eigenvalue weighted by molar-refractivity contribution is -0.115. The summed E-state index contributed by atoms with van der Waals surface area (Å²) in [7, 11) is 1.92. The van der Waals surface area contributed by atoms with Crippen LogP contribution in [0.3, 0.4) is 0 Å². The van der Waals surface area contributed by atoms with E-state index in [1.807, 2.05) is 11.7 Å². The first-order valence-corrected chi connectivity index (χ1v) is 6.94. The second kappa shape index (κ2) is 5.98. The van der Waals surface area contributed by atoms with E-state index in [1.54, 1.807) is 0 Å². The van der Waals surface area contributed by atoms with Crippen LogP contribution < -0.4 is 0 Å². The van der Waals surface area contributed by atoms with Gasteiger partial charge in [-0.05, 0) is 43.7 Å². The van der Waals surface area contributed by atoms with E-state index in [9.17, 15) is 4.79 Å². The van der Waals surface area contributed by atoms with E-state index in [-0.39, 0.29) is 5.78 Å². The molecule has 98 valence electrons. The van der Waals surface area contributed by atoms with Gasteiger partial charge in [0.15, 0.2) is 5.78 Å². The number of aromatic nitrogens is 2. The van der Waals surface area contributed by atoms with E-state index in [4.69, 9.17) is 0 Å². The average molecular weight is 246 g/mol. The summed E-state index contributed by atoms with van der Waals surface area (Å²) in [5.74, 6) is 0.280. The monoisotopic (exact) mass is 246 g/mol. The zero-order chi connectivity index (χ0) is 13.0. The highest BCUT2D eigenvalue weighted by atomic mass is 16.1. The van der Waals surface area contributed by atoms with Crippen molar-refractivity contribution >= 4 is 5.78 Å². The van der Waals surface area contributed by atoms with Crippen molar-refractivity contribution in [1.29, 1.82) is 0 Å². The van der Waals surface area contributed by atoms with Crippen molar-refractivity contribution in [2.75, 3.05) is 0 Å². The van der Waals surface area contributed by atoms with Gasteiger partial charge in [-0.3, -0.25) is 9.48 Å². The molecule has 18 heavy (non-hydrogen) atoms. The number of hydrogen-bond donors (Lipinski definition) is 0. The molecule has 0 atom stereocenters. The van der Waals surface area contributed by atoms with Gasteiger partial charge in [0.25, 0.3) is 0 Å². The molecule has 1 aliphatic rings. The lowest BCUT2D eigenvalue weighted by atomic mass is 10.0. The minimum Gasteiger partial charge on any atom is -0.294 e.